The number of H-pyrrole nitrogens is 1. The van der Waals surface area contributed by atoms with Gasteiger partial charge < -0.3 is 10.3 Å². The third kappa shape index (κ3) is 2.67. The van der Waals surface area contributed by atoms with Crippen molar-refractivity contribution in [2.75, 3.05) is 5.32 Å². The lowest BCUT2D eigenvalue weighted by Gasteiger charge is -2.08. The van der Waals surface area contributed by atoms with E-state index in [1.54, 1.807) is 12.1 Å². The molecule has 0 saturated heterocycles. The summed E-state index contributed by atoms with van der Waals surface area (Å²) in [6.07, 6.45) is 0. The summed E-state index contributed by atoms with van der Waals surface area (Å²) in [5.41, 5.74) is 6.86. The Bertz CT molecular complexity index is 1130. The molecule has 4 rings (SSSR count). The van der Waals surface area contributed by atoms with Crippen molar-refractivity contribution in [3.8, 4) is 0 Å². The highest BCUT2D eigenvalue weighted by Gasteiger charge is 2.11. The third-order valence-corrected chi connectivity index (χ3v) is 4.84. The highest BCUT2D eigenvalue weighted by Crippen LogP contribution is 2.34. The first kappa shape index (κ1) is 16.1. The van der Waals surface area contributed by atoms with E-state index in [-0.39, 0.29) is 10.6 Å². The van der Waals surface area contributed by atoms with Crippen molar-refractivity contribution in [3.05, 3.63) is 81.4 Å². The largest absolute Gasteiger partial charge is 0.379 e. The number of aryl methyl sites for hydroxylation is 2. The van der Waals surface area contributed by atoms with Crippen LogP contribution in [0.2, 0.25) is 0 Å². The molecule has 0 unspecified atom stereocenters. The van der Waals surface area contributed by atoms with E-state index >= 15 is 0 Å². The molecule has 1 heterocycles. The molecule has 0 aliphatic heterocycles. The molecule has 3 aromatic carbocycles. The molecule has 26 heavy (non-hydrogen) atoms. The Morgan fingerprint density at radius 1 is 0.962 bits per heavy atom. The first-order chi connectivity index (χ1) is 12.5. The number of fused-ring (bicyclic) bond motifs is 3. The predicted molar refractivity (Wildman–Crippen MR) is 106 cm³/mol. The number of nitro benzene ring substituents is 1. The van der Waals surface area contributed by atoms with Crippen molar-refractivity contribution in [2.45, 2.75) is 20.4 Å². The van der Waals surface area contributed by atoms with Crippen LogP contribution >= 0.6 is 0 Å². The SMILES string of the molecule is Cc1ccc(C)c2c1[nH]c1c(NCc3ccc([N+](=O)[O-])cc3)cccc12. The molecule has 5 nitrogen and oxygen atoms in total. The number of anilines is 1. The second kappa shape index (κ2) is 6.19. The number of non-ortho nitro benzene ring substituents is 1. The van der Waals surface area contributed by atoms with Gasteiger partial charge in [-0.15, -0.1) is 0 Å². The van der Waals surface area contributed by atoms with Gasteiger partial charge in [0.05, 0.1) is 16.1 Å². The lowest BCUT2D eigenvalue weighted by atomic mass is 10.0. The molecule has 0 amide bonds. The predicted octanol–water partition coefficient (Wildman–Crippen LogP) is 5.46. The third-order valence-electron chi connectivity index (χ3n) is 4.84. The Kier molecular flexibility index (Phi) is 3.84. The van der Waals surface area contributed by atoms with Gasteiger partial charge in [-0.1, -0.05) is 36.4 Å². The van der Waals surface area contributed by atoms with E-state index in [9.17, 15) is 10.1 Å². The zero-order chi connectivity index (χ0) is 18.3. The Balaban J connectivity index is 1.70. The van der Waals surface area contributed by atoms with E-state index in [2.05, 4.69) is 48.4 Å². The van der Waals surface area contributed by atoms with Crippen LogP contribution in [0.3, 0.4) is 0 Å². The molecular formula is C21H19N3O2. The van der Waals surface area contributed by atoms with Gasteiger partial charge in [0.2, 0.25) is 0 Å². The average molecular weight is 345 g/mol. The molecule has 5 heteroatoms. The molecule has 0 spiro atoms. The Morgan fingerprint density at radius 2 is 1.69 bits per heavy atom. The van der Waals surface area contributed by atoms with Gasteiger partial charge in [-0.2, -0.15) is 0 Å². The highest BCUT2D eigenvalue weighted by atomic mass is 16.6. The van der Waals surface area contributed by atoms with Crippen LogP contribution in [0.25, 0.3) is 21.8 Å². The minimum Gasteiger partial charge on any atom is -0.379 e. The Hall–Kier alpha value is -3.34. The maximum Gasteiger partial charge on any atom is 0.269 e. The van der Waals surface area contributed by atoms with Gasteiger partial charge in [0.25, 0.3) is 5.69 Å². The number of nitro groups is 1. The van der Waals surface area contributed by atoms with E-state index in [0.29, 0.717) is 6.54 Å². The normalized spacial score (nSPS) is 11.2. The molecule has 1 aromatic heterocycles. The van der Waals surface area contributed by atoms with Crippen molar-refractivity contribution in [1.82, 2.24) is 4.98 Å². The number of benzene rings is 3. The number of para-hydroxylation sites is 1. The number of nitrogens with zero attached hydrogens (tertiary/aromatic N) is 1. The van der Waals surface area contributed by atoms with Gasteiger partial charge in [0.1, 0.15) is 0 Å². The van der Waals surface area contributed by atoms with Crippen molar-refractivity contribution in [3.63, 3.8) is 0 Å². The molecule has 0 fully saturated rings. The highest BCUT2D eigenvalue weighted by molar-refractivity contribution is 6.13. The van der Waals surface area contributed by atoms with Crippen LogP contribution in [-0.4, -0.2) is 9.91 Å². The van der Waals surface area contributed by atoms with Crippen LogP contribution in [0.5, 0.6) is 0 Å². The smallest absolute Gasteiger partial charge is 0.269 e. The number of rotatable bonds is 4. The van der Waals surface area contributed by atoms with Crippen LogP contribution in [0.4, 0.5) is 11.4 Å². The molecule has 0 atom stereocenters. The number of hydrogen-bond donors (Lipinski definition) is 2. The van der Waals surface area contributed by atoms with Crippen molar-refractivity contribution < 1.29 is 4.92 Å². The zero-order valence-corrected chi connectivity index (χ0v) is 14.7. The minimum atomic E-state index is -0.382. The summed E-state index contributed by atoms with van der Waals surface area (Å²) < 4.78 is 0. The number of aromatic amines is 1. The number of hydrogen-bond acceptors (Lipinski definition) is 3. The summed E-state index contributed by atoms with van der Waals surface area (Å²) in [5.74, 6) is 0. The van der Waals surface area contributed by atoms with Gasteiger partial charge in [0.15, 0.2) is 0 Å². The minimum absolute atomic E-state index is 0.109. The van der Waals surface area contributed by atoms with E-state index in [1.165, 1.54) is 39.5 Å². The van der Waals surface area contributed by atoms with E-state index in [1.807, 2.05) is 6.07 Å². The summed E-state index contributed by atoms with van der Waals surface area (Å²) in [4.78, 5) is 13.9. The fourth-order valence-electron chi connectivity index (χ4n) is 3.42. The van der Waals surface area contributed by atoms with Gasteiger partial charge in [0, 0.05) is 35.0 Å². The van der Waals surface area contributed by atoms with Crippen molar-refractivity contribution in [1.29, 1.82) is 0 Å². The topological polar surface area (TPSA) is 71.0 Å². The van der Waals surface area contributed by atoms with E-state index < -0.39 is 0 Å². The van der Waals surface area contributed by atoms with Crippen molar-refractivity contribution in [2.24, 2.45) is 0 Å². The van der Waals surface area contributed by atoms with Crippen LogP contribution in [0.1, 0.15) is 16.7 Å². The second-order valence-electron chi connectivity index (χ2n) is 6.58. The first-order valence-corrected chi connectivity index (χ1v) is 8.52. The van der Waals surface area contributed by atoms with Gasteiger partial charge in [-0.25, -0.2) is 0 Å². The zero-order valence-electron chi connectivity index (χ0n) is 14.7. The molecule has 130 valence electrons. The van der Waals surface area contributed by atoms with Crippen LogP contribution in [-0.2, 0) is 6.54 Å². The summed E-state index contributed by atoms with van der Waals surface area (Å²) in [6.45, 7) is 4.84. The number of aromatic nitrogens is 1. The van der Waals surface area contributed by atoms with E-state index in [0.717, 1.165) is 16.8 Å². The quantitative estimate of drug-likeness (QED) is 0.381. The molecule has 0 aliphatic carbocycles. The Morgan fingerprint density at radius 3 is 2.42 bits per heavy atom. The molecule has 0 bridgehead atoms. The second-order valence-corrected chi connectivity index (χ2v) is 6.58. The van der Waals surface area contributed by atoms with Crippen molar-refractivity contribution >= 4 is 33.2 Å². The molecular weight excluding hydrogens is 326 g/mol. The molecule has 4 aromatic rings. The molecule has 0 aliphatic rings. The van der Waals surface area contributed by atoms with Gasteiger partial charge in [-0.3, -0.25) is 10.1 Å². The first-order valence-electron chi connectivity index (χ1n) is 8.52. The summed E-state index contributed by atoms with van der Waals surface area (Å²) in [7, 11) is 0. The summed E-state index contributed by atoms with van der Waals surface area (Å²) >= 11 is 0. The van der Waals surface area contributed by atoms with Gasteiger partial charge in [-0.05, 0) is 36.6 Å². The molecule has 0 saturated carbocycles. The lowest BCUT2D eigenvalue weighted by molar-refractivity contribution is -0.384. The maximum atomic E-state index is 10.8. The lowest BCUT2D eigenvalue weighted by Crippen LogP contribution is -2.00. The molecule has 0 radical (unpaired) electrons. The van der Waals surface area contributed by atoms with Gasteiger partial charge >= 0.3 is 0 Å². The van der Waals surface area contributed by atoms with Crippen LogP contribution in [0, 0.1) is 24.0 Å². The van der Waals surface area contributed by atoms with Crippen LogP contribution < -0.4 is 5.32 Å². The Labute approximate surface area is 150 Å². The summed E-state index contributed by atoms with van der Waals surface area (Å²) in [5, 5.41) is 16.7. The monoisotopic (exact) mass is 345 g/mol. The standard InChI is InChI=1S/C21H19N3O2/c1-13-6-7-14(2)20-19(13)17-4-3-5-18(21(17)23-20)22-12-15-8-10-16(11-9-15)24(25)26/h3-11,22-23H,12H2,1-2H3. The fourth-order valence-corrected chi connectivity index (χ4v) is 3.42. The molecule has 2 N–H and O–H groups in total. The summed E-state index contributed by atoms with van der Waals surface area (Å²) in [6, 6.07) is 17.2. The van der Waals surface area contributed by atoms with E-state index in [4.69, 9.17) is 0 Å². The maximum absolute atomic E-state index is 10.8. The fraction of sp³-hybridized carbons (Fsp3) is 0.143. The average Bonchev–Trinajstić information content (AvgIpc) is 3.05. The number of nitrogens with one attached hydrogen (secondary N) is 2. The van der Waals surface area contributed by atoms with Crippen LogP contribution in [0.15, 0.2) is 54.6 Å².